The zero-order valence-corrected chi connectivity index (χ0v) is 20.1. The summed E-state index contributed by atoms with van der Waals surface area (Å²) >= 11 is 0. The molecule has 3 N–H and O–H groups in total. The molecule has 10 heteroatoms. The molecule has 3 atom stereocenters. The Kier molecular flexibility index (Phi) is 6.65. The molecule has 188 valence electrons. The van der Waals surface area contributed by atoms with Gasteiger partial charge in [-0.3, -0.25) is 4.98 Å². The molecule has 36 heavy (non-hydrogen) atoms. The lowest BCUT2D eigenvalue weighted by molar-refractivity contribution is 0.0784. The molecule has 1 aromatic carbocycles. The number of piperidine rings is 1. The van der Waals surface area contributed by atoms with E-state index < -0.39 is 17.7 Å². The summed E-state index contributed by atoms with van der Waals surface area (Å²) in [6, 6.07) is 7.39. The fourth-order valence-corrected chi connectivity index (χ4v) is 4.85. The van der Waals surface area contributed by atoms with Crippen LogP contribution in [0.2, 0.25) is 0 Å². The minimum atomic E-state index is -0.706. The molecule has 8 nitrogen and oxygen atoms in total. The molecule has 4 aromatic rings. The summed E-state index contributed by atoms with van der Waals surface area (Å²) in [7, 11) is 1.47. The van der Waals surface area contributed by atoms with E-state index >= 15 is 0 Å². The van der Waals surface area contributed by atoms with Crippen LogP contribution < -0.4 is 10.6 Å². The smallest absolute Gasteiger partial charge is 0.135 e. The number of aliphatic hydroxyl groups excluding tert-OH is 1. The van der Waals surface area contributed by atoms with Crippen molar-refractivity contribution < 1.29 is 18.6 Å². The summed E-state index contributed by atoms with van der Waals surface area (Å²) in [5, 5.41) is 14.8. The highest BCUT2D eigenvalue weighted by Gasteiger charge is 2.31. The highest BCUT2D eigenvalue weighted by Crippen LogP contribution is 2.29. The fraction of sp³-hybridized carbons (Fsp3) is 0.346. The highest BCUT2D eigenvalue weighted by molar-refractivity contribution is 5.63. The van der Waals surface area contributed by atoms with Gasteiger partial charge in [0.2, 0.25) is 0 Å². The molecular formula is C26H28F2N6O2. The van der Waals surface area contributed by atoms with Crippen molar-refractivity contribution in [1.29, 1.82) is 0 Å². The van der Waals surface area contributed by atoms with E-state index in [-0.39, 0.29) is 29.8 Å². The lowest BCUT2D eigenvalue weighted by Crippen LogP contribution is -2.55. The third kappa shape index (κ3) is 4.55. The predicted molar refractivity (Wildman–Crippen MR) is 131 cm³/mol. The minimum Gasteiger partial charge on any atom is -0.391 e. The van der Waals surface area contributed by atoms with Crippen molar-refractivity contribution in [2.75, 3.05) is 25.1 Å². The van der Waals surface area contributed by atoms with E-state index in [1.54, 1.807) is 35.2 Å². The molecular weight excluding hydrogens is 466 g/mol. The Hall–Kier alpha value is -3.47. The molecule has 0 amide bonds. The first-order valence-corrected chi connectivity index (χ1v) is 11.8. The van der Waals surface area contributed by atoms with Gasteiger partial charge in [0.1, 0.15) is 17.5 Å². The van der Waals surface area contributed by atoms with Crippen LogP contribution in [0.3, 0.4) is 0 Å². The van der Waals surface area contributed by atoms with Gasteiger partial charge >= 0.3 is 0 Å². The number of aliphatic hydroxyl groups is 1. The number of imidazole rings is 1. The maximum absolute atomic E-state index is 14.8. The number of benzene rings is 1. The number of hydrogen-bond acceptors (Lipinski definition) is 7. The van der Waals surface area contributed by atoms with Gasteiger partial charge in [0.15, 0.2) is 0 Å². The van der Waals surface area contributed by atoms with Crippen molar-refractivity contribution in [3.63, 3.8) is 0 Å². The Bertz CT molecular complexity index is 1360. The van der Waals surface area contributed by atoms with Gasteiger partial charge in [0.05, 0.1) is 35.7 Å². The first kappa shape index (κ1) is 24.2. The monoisotopic (exact) mass is 494 g/mol. The molecule has 1 aliphatic heterocycles. The number of fused-ring (bicyclic) bond motifs is 1. The number of rotatable bonds is 6. The Morgan fingerprint density at radius 1 is 1.14 bits per heavy atom. The van der Waals surface area contributed by atoms with Gasteiger partial charge in [-0.1, -0.05) is 6.92 Å². The van der Waals surface area contributed by atoms with Crippen molar-refractivity contribution in [2.45, 2.75) is 32.1 Å². The van der Waals surface area contributed by atoms with E-state index in [9.17, 15) is 13.9 Å². The van der Waals surface area contributed by atoms with Crippen LogP contribution in [0.5, 0.6) is 0 Å². The van der Waals surface area contributed by atoms with E-state index in [4.69, 9.17) is 10.5 Å². The van der Waals surface area contributed by atoms with Crippen molar-refractivity contribution in [1.82, 2.24) is 19.6 Å². The standard InChI is InChI=1S/C26H28F2N6O2/c1-15-12-33(13-21(29)26(15)35)23-5-6-30-10-17(23)9-24-31-11-18-3-4-22(32-34(18)24)25-19(27)7-16(14-36-2)8-20(25)28/h3-8,10-11,15,21,26,35H,9,12-14,29H2,1-2H3/t15-,21+,26+/m0/s1. The van der Waals surface area contributed by atoms with Gasteiger partial charge in [-0.15, -0.1) is 0 Å². The first-order valence-electron chi connectivity index (χ1n) is 11.8. The van der Waals surface area contributed by atoms with Gasteiger partial charge < -0.3 is 20.5 Å². The summed E-state index contributed by atoms with van der Waals surface area (Å²) in [5.41, 5.74) is 9.12. The van der Waals surface area contributed by atoms with Crippen LogP contribution in [0, 0.1) is 17.6 Å². The number of nitrogens with zero attached hydrogens (tertiary/aromatic N) is 5. The quantitative estimate of drug-likeness (QED) is 0.425. The van der Waals surface area contributed by atoms with Crippen LogP contribution in [0.4, 0.5) is 14.5 Å². The molecule has 0 saturated carbocycles. The Labute approximate surface area is 207 Å². The second kappa shape index (κ2) is 9.88. The fourth-order valence-electron chi connectivity index (χ4n) is 4.85. The second-order valence-corrected chi connectivity index (χ2v) is 9.32. The molecule has 5 rings (SSSR count). The zero-order chi connectivity index (χ0) is 25.4. The summed E-state index contributed by atoms with van der Waals surface area (Å²) in [5.74, 6) is -0.788. The van der Waals surface area contributed by atoms with Gasteiger partial charge in [-0.2, -0.15) is 5.10 Å². The van der Waals surface area contributed by atoms with Gasteiger partial charge in [0, 0.05) is 62.2 Å². The molecule has 1 saturated heterocycles. The Morgan fingerprint density at radius 3 is 2.64 bits per heavy atom. The third-order valence-electron chi connectivity index (χ3n) is 6.65. The van der Waals surface area contributed by atoms with Crippen molar-refractivity contribution >= 4 is 11.2 Å². The first-order chi connectivity index (χ1) is 17.4. The number of hydrogen-bond donors (Lipinski definition) is 2. The molecule has 0 spiro atoms. The van der Waals surface area contributed by atoms with Gasteiger partial charge in [-0.25, -0.2) is 18.3 Å². The zero-order valence-electron chi connectivity index (χ0n) is 20.1. The van der Waals surface area contributed by atoms with Crippen LogP contribution in [0.1, 0.15) is 23.9 Å². The lowest BCUT2D eigenvalue weighted by Gasteiger charge is -2.40. The van der Waals surface area contributed by atoms with Crippen molar-refractivity contribution in [2.24, 2.45) is 11.7 Å². The number of methoxy groups -OCH3 is 1. The summed E-state index contributed by atoms with van der Waals surface area (Å²) in [4.78, 5) is 11.0. The summed E-state index contributed by atoms with van der Waals surface area (Å²) in [6.07, 6.45) is 5.02. The predicted octanol–water partition coefficient (Wildman–Crippen LogP) is 2.95. The molecule has 1 aliphatic rings. The molecule has 3 aromatic heterocycles. The topological polar surface area (TPSA) is 102 Å². The van der Waals surface area contributed by atoms with E-state index in [1.807, 2.05) is 13.0 Å². The number of aromatic nitrogens is 4. The second-order valence-electron chi connectivity index (χ2n) is 9.32. The maximum atomic E-state index is 14.8. The van der Waals surface area contributed by atoms with Gasteiger partial charge in [0.25, 0.3) is 0 Å². The lowest BCUT2D eigenvalue weighted by atomic mass is 9.92. The molecule has 0 bridgehead atoms. The maximum Gasteiger partial charge on any atom is 0.135 e. The average Bonchev–Trinajstić information content (AvgIpc) is 3.24. The Morgan fingerprint density at radius 2 is 1.92 bits per heavy atom. The van der Waals surface area contributed by atoms with E-state index in [0.717, 1.165) is 11.3 Å². The third-order valence-corrected chi connectivity index (χ3v) is 6.65. The molecule has 4 heterocycles. The van der Waals surface area contributed by atoms with Crippen molar-refractivity contribution in [3.05, 3.63) is 77.5 Å². The number of nitrogens with two attached hydrogens (primary N) is 1. The van der Waals surface area contributed by atoms with Crippen LogP contribution in [-0.4, -0.2) is 57.0 Å². The number of ether oxygens (including phenoxy) is 1. The van der Waals surface area contributed by atoms with Crippen LogP contribution in [0.15, 0.2) is 48.9 Å². The SMILES string of the molecule is COCc1cc(F)c(-c2ccc3cnc(Cc4cnccc4N4C[C@@H](N)[C@H](O)[C@@H](C)C4)n3n2)c(F)c1. The molecule has 1 fully saturated rings. The summed E-state index contributed by atoms with van der Waals surface area (Å²) < 4.78 is 36.3. The molecule has 0 unspecified atom stereocenters. The largest absolute Gasteiger partial charge is 0.391 e. The van der Waals surface area contributed by atoms with Crippen LogP contribution in [-0.2, 0) is 17.8 Å². The molecule has 0 radical (unpaired) electrons. The van der Waals surface area contributed by atoms with Crippen molar-refractivity contribution in [3.8, 4) is 11.3 Å². The highest BCUT2D eigenvalue weighted by atomic mass is 19.1. The number of anilines is 1. The van der Waals surface area contributed by atoms with E-state index in [1.165, 1.54) is 19.2 Å². The summed E-state index contributed by atoms with van der Waals surface area (Å²) in [6.45, 7) is 3.27. The number of halogens is 2. The van der Waals surface area contributed by atoms with Gasteiger partial charge in [-0.05, 0) is 35.9 Å². The average molecular weight is 495 g/mol. The van der Waals surface area contributed by atoms with E-state index in [0.29, 0.717) is 36.4 Å². The molecule has 0 aliphatic carbocycles. The minimum absolute atomic E-state index is 0.0197. The van der Waals surface area contributed by atoms with E-state index in [2.05, 4.69) is 20.0 Å². The normalized spacial score (nSPS) is 20.3. The van der Waals surface area contributed by atoms with Crippen LogP contribution in [0.25, 0.3) is 16.8 Å². The number of pyridine rings is 1. The Balaban J connectivity index is 1.49. The van der Waals surface area contributed by atoms with Crippen LogP contribution >= 0.6 is 0 Å².